The van der Waals surface area contributed by atoms with E-state index in [-0.39, 0.29) is 24.2 Å². The summed E-state index contributed by atoms with van der Waals surface area (Å²) >= 11 is 1.35. The molecule has 3 aromatic rings. The molecule has 0 amide bonds. The molecule has 4 rings (SSSR count). The molecule has 36 heavy (non-hydrogen) atoms. The van der Waals surface area contributed by atoms with Crippen molar-refractivity contribution in [2.45, 2.75) is 45.3 Å². The molecule has 2 heterocycles. The van der Waals surface area contributed by atoms with E-state index in [0.29, 0.717) is 42.0 Å². The van der Waals surface area contributed by atoms with Crippen molar-refractivity contribution < 1.29 is 27.2 Å². The molecule has 0 unspecified atom stereocenters. The molecule has 1 fully saturated rings. The van der Waals surface area contributed by atoms with E-state index in [0.717, 1.165) is 23.3 Å². The van der Waals surface area contributed by atoms with Gasteiger partial charge in [-0.05, 0) is 54.7 Å². The first-order valence-electron chi connectivity index (χ1n) is 11.7. The number of ether oxygens (including phenoxy) is 1. The van der Waals surface area contributed by atoms with Crippen LogP contribution in [0.3, 0.4) is 0 Å². The first kappa shape index (κ1) is 26.4. The third kappa shape index (κ3) is 6.74. The third-order valence-corrected chi connectivity index (χ3v) is 7.79. The van der Waals surface area contributed by atoms with Crippen LogP contribution in [0.1, 0.15) is 51.8 Å². The zero-order chi connectivity index (χ0) is 25.7. The second-order valence-corrected chi connectivity index (χ2v) is 11.1. The molecule has 3 atom stereocenters. The Kier molecular flexibility index (Phi) is 8.47. The lowest BCUT2D eigenvalue weighted by Crippen LogP contribution is -2.24. The summed E-state index contributed by atoms with van der Waals surface area (Å²) in [6, 6.07) is 9.73. The fourth-order valence-corrected chi connectivity index (χ4v) is 5.74. The van der Waals surface area contributed by atoms with Crippen LogP contribution in [0.25, 0.3) is 0 Å². The fourth-order valence-electron chi connectivity index (χ4n) is 4.53. The maximum atomic E-state index is 13.3. The quantitative estimate of drug-likeness (QED) is 0.360. The summed E-state index contributed by atoms with van der Waals surface area (Å²) < 4.78 is 32.8. The number of nitrogens with two attached hydrogens (primary N) is 1. The Morgan fingerprint density at radius 2 is 2.08 bits per heavy atom. The van der Waals surface area contributed by atoms with Crippen LogP contribution in [0.15, 0.2) is 48.2 Å². The van der Waals surface area contributed by atoms with Gasteiger partial charge in [0, 0.05) is 17.7 Å². The molecule has 192 valence electrons. The van der Waals surface area contributed by atoms with Crippen molar-refractivity contribution in [2.75, 3.05) is 6.61 Å². The molecule has 0 bridgehead atoms. The highest BCUT2D eigenvalue weighted by atomic mass is 32.2. The van der Waals surface area contributed by atoms with Gasteiger partial charge in [-0.2, -0.15) is 8.42 Å². The van der Waals surface area contributed by atoms with E-state index in [2.05, 4.69) is 21.1 Å². The number of carbonyl (C=O) groups is 1. The van der Waals surface area contributed by atoms with E-state index >= 15 is 0 Å². The number of ketones is 1. The van der Waals surface area contributed by atoms with Gasteiger partial charge in [0.1, 0.15) is 18.7 Å². The van der Waals surface area contributed by atoms with Gasteiger partial charge in [0.25, 0.3) is 0 Å². The molecule has 0 saturated heterocycles. The van der Waals surface area contributed by atoms with E-state index in [1.807, 2.05) is 35.7 Å². The number of nitrogens with zero attached hydrogens (tertiary/aromatic N) is 2. The Labute approximate surface area is 214 Å². The normalized spacial score (nSPS) is 19.9. The molecule has 1 aliphatic rings. The molecule has 0 aliphatic heterocycles. The predicted octanol–water partition coefficient (Wildman–Crippen LogP) is 3.06. The van der Waals surface area contributed by atoms with E-state index in [1.54, 1.807) is 0 Å². The molecule has 2 aromatic heterocycles. The molecule has 1 aliphatic carbocycles. The summed E-state index contributed by atoms with van der Waals surface area (Å²) in [6.45, 7) is 2.27. The number of aromatic nitrogens is 2. The Morgan fingerprint density at radius 3 is 2.86 bits per heavy atom. The average molecular weight is 532 g/mol. The van der Waals surface area contributed by atoms with E-state index in [4.69, 9.17) is 9.88 Å². The minimum atomic E-state index is -4.07. The summed E-state index contributed by atoms with van der Waals surface area (Å²) in [6.07, 6.45) is 4.53. The van der Waals surface area contributed by atoms with Crippen molar-refractivity contribution in [2.24, 2.45) is 17.0 Å². The molecule has 3 N–H and O–H groups in total. The lowest BCUT2D eigenvalue weighted by Gasteiger charge is -2.13. The van der Waals surface area contributed by atoms with Gasteiger partial charge in [-0.25, -0.2) is 15.1 Å². The van der Waals surface area contributed by atoms with Gasteiger partial charge in [-0.3, -0.25) is 8.98 Å². The van der Waals surface area contributed by atoms with Gasteiger partial charge in [-0.15, -0.1) is 11.3 Å². The number of rotatable bonds is 11. The second kappa shape index (κ2) is 11.6. The van der Waals surface area contributed by atoms with E-state index in [9.17, 15) is 18.3 Å². The topological polar surface area (TPSA) is 142 Å². The van der Waals surface area contributed by atoms with E-state index in [1.165, 1.54) is 23.9 Å². The van der Waals surface area contributed by atoms with E-state index < -0.39 is 16.4 Å². The molecular formula is C25H29N3O6S2. The fraction of sp³-hybridized carbons (Fsp3) is 0.400. The van der Waals surface area contributed by atoms with Crippen LogP contribution in [0.5, 0.6) is 5.75 Å². The van der Waals surface area contributed by atoms with Crippen LogP contribution in [-0.4, -0.2) is 42.0 Å². The third-order valence-electron chi connectivity index (χ3n) is 6.35. The highest BCUT2D eigenvalue weighted by Crippen LogP contribution is 2.34. The number of para-hydroxylation sites is 1. The van der Waals surface area contributed by atoms with Crippen molar-refractivity contribution in [3.8, 4) is 5.75 Å². The van der Waals surface area contributed by atoms with Crippen LogP contribution < -0.4 is 9.88 Å². The van der Waals surface area contributed by atoms with Gasteiger partial charge in [0.05, 0.1) is 28.8 Å². The van der Waals surface area contributed by atoms with Crippen molar-refractivity contribution in [1.82, 2.24) is 9.97 Å². The smallest absolute Gasteiger partial charge is 0.333 e. The van der Waals surface area contributed by atoms with Crippen molar-refractivity contribution in [3.05, 3.63) is 75.5 Å². The van der Waals surface area contributed by atoms with Gasteiger partial charge < -0.3 is 9.84 Å². The first-order valence-corrected chi connectivity index (χ1v) is 14.1. The number of hydrogen-bond donors (Lipinski definition) is 2. The number of aliphatic hydroxyl groups excluding tert-OH is 1. The SMILES string of the molecule is CCc1ccccc1OCc1csc(C(=O)c2cncnc2C[C@@H]2C[C@H](COS(N)(=O)=O)[C@@H](O)C2)c1. The van der Waals surface area contributed by atoms with Gasteiger partial charge in [0.2, 0.25) is 5.78 Å². The second-order valence-electron chi connectivity index (χ2n) is 8.93. The summed E-state index contributed by atoms with van der Waals surface area (Å²) in [5.74, 6) is 0.335. The summed E-state index contributed by atoms with van der Waals surface area (Å²) in [5, 5.41) is 17.1. The average Bonchev–Trinajstić information content (AvgIpc) is 3.47. The zero-order valence-electron chi connectivity index (χ0n) is 19.9. The van der Waals surface area contributed by atoms with Gasteiger partial charge in [0.15, 0.2) is 0 Å². The lowest BCUT2D eigenvalue weighted by molar-refractivity contribution is 0.100. The number of carbonyl (C=O) groups excluding carboxylic acids is 1. The molecule has 11 heteroatoms. The monoisotopic (exact) mass is 531 g/mol. The number of benzene rings is 1. The molecule has 9 nitrogen and oxygen atoms in total. The Morgan fingerprint density at radius 1 is 1.28 bits per heavy atom. The lowest BCUT2D eigenvalue weighted by atomic mass is 9.96. The Bertz CT molecular complexity index is 1310. The first-order chi connectivity index (χ1) is 17.2. The molecule has 0 spiro atoms. The van der Waals surface area contributed by atoms with Gasteiger partial charge >= 0.3 is 10.3 Å². The van der Waals surface area contributed by atoms with Crippen LogP contribution >= 0.6 is 11.3 Å². The molecular weight excluding hydrogens is 502 g/mol. The Hall–Kier alpha value is -2.70. The number of hydrogen-bond acceptors (Lipinski definition) is 9. The largest absolute Gasteiger partial charge is 0.489 e. The summed E-state index contributed by atoms with van der Waals surface area (Å²) in [4.78, 5) is 22.3. The van der Waals surface area contributed by atoms with Gasteiger partial charge in [-0.1, -0.05) is 25.1 Å². The number of thiophene rings is 1. The summed E-state index contributed by atoms with van der Waals surface area (Å²) in [5.41, 5.74) is 3.06. The van der Waals surface area contributed by atoms with Crippen LogP contribution in [-0.2, 0) is 33.9 Å². The van der Waals surface area contributed by atoms with Crippen molar-refractivity contribution >= 4 is 27.4 Å². The highest BCUT2D eigenvalue weighted by molar-refractivity contribution is 7.84. The van der Waals surface area contributed by atoms with Crippen molar-refractivity contribution in [3.63, 3.8) is 0 Å². The maximum Gasteiger partial charge on any atom is 0.333 e. The predicted molar refractivity (Wildman–Crippen MR) is 135 cm³/mol. The standard InChI is InChI=1S/C25H29N3O6S2/c1-2-18-5-3-4-6-23(18)33-12-17-10-24(35-14-17)25(30)20-11-27-15-28-21(20)8-16-7-19(22(29)9-16)13-34-36(26,31)32/h3-6,10-11,14-16,19,22,29H,2,7-9,12-13H2,1H3,(H2,26,31,32)/t16-,19+,22-/m0/s1. The summed E-state index contributed by atoms with van der Waals surface area (Å²) in [7, 11) is -4.07. The molecule has 0 radical (unpaired) electrons. The minimum absolute atomic E-state index is 0.0152. The molecule has 1 saturated carbocycles. The van der Waals surface area contributed by atoms with Crippen LogP contribution in [0.4, 0.5) is 0 Å². The number of aryl methyl sites for hydroxylation is 1. The molecule has 1 aromatic carbocycles. The van der Waals surface area contributed by atoms with Crippen molar-refractivity contribution in [1.29, 1.82) is 0 Å². The minimum Gasteiger partial charge on any atom is -0.489 e. The Balaban J connectivity index is 1.41. The maximum absolute atomic E-state index is 13.3. The zero-order valence-corrected chi connectivity index (χ0v) is 21.5. The highest BCUT2D eigenvalue weighted by Gasteiger charge is 2.35. The van der Waals surface area contributed by atoms with Crippen LogP contribution in [0, 0.1) is 11.8 Å². The number of aliphatic hydroxyl groups is 1. The van der Waals surface area contributed by atoms with Crippen LogP contribution in [0.2, 0.25) is 0 Å².